The molecule has 1 aliphatic heterocycles. The van der Waals surface area contributed by atoms with E-state index in [-0.39, 0.29) is 6.09 Å². The molecule has 1 heterocycles. The zero-order chi connectivity index (χ0) is 15.2. The molecule has 110 valence electrons. The Morgan fingerprint density at radius 3 is 2.30 bits per heavy atom. The van der Waals surface area contributed by atoms with Crippen molar-refractivity contribution >= 4 is 33.4 Å². The third-order valence-electron chi connectivity index (χ3n) is 3.35. The van der Waals surface area contributed by atoms with E-state index in [0.717, 1.165) is 21.2 Å². The lowest BCUT2D eigenvalue weighted by atomic mass is 10.0. The molecule has 0 radical (unpaired) electrons. The van der Waals surface area contributed by atoms with Crippen molar-refractivity contribution < 1.29 is 9.53 Å². The van der Waals surface area contributed by atoms with Crippen LogP contribution in [0.2, 0.25) is 0 Å². The first-order valence-electron chi connectivity index (χ1n) is 6.44. The first kappa shape index (κ1) is 15.0. The third-order valence-corrected chi connectivity index (χ3v) is 4.37. The van der Waals surface area contributed by atoms with E-state index in [4.69, 9.17) is 16.2 Å². The minimum absolute atomic E-state index is 0.331. The van der Waals surface area contributed by atoms with Crippen molar-refractivity contribution in [3.8, 4) is 0 Å². The Kier molecular flexibility index (Phi) is 3.62. The van der Waals surface area contributed by atoms with Gasteiger partial charge in [0.2, 0.25) is 0 Å². The molecule has 1 amide bonds. The zero-order valence-electron chi connectivity index (χ0n) is 12.2. The van der Waals surface area contributed by atoms with E-state index in [2.05, 4.69) is 15.9 Å². The summed E-state index contributed by atoms with van der Waals surface area (Å²) in [7, 11) is 0. The van der Waals surface area contributed by atoms with Crippen molar-refractivity contribution in [3.63, 3.8) is 0 Å². The second-order valence-corrected chi connectivity index (χ2v) is 6.85. The normalized spacial score (nSPS) is 14.3. The maximum atomic E-state index is 12.1. The van der Waals surface area contributed by atoms with Crippen molar-refractivity contribution in [2.75, 3.05) is 11.5 Å². The Hall–Kier alpha value is -1.43. The number of rotatable bonds is 0. The summed E-state index contributed by atoms with van der Waals surface area (Å²) in [5.41, 5.74) is 15.6. The van der Waals surface area contributed by atoms with Gasteiger partial charge < -0.3 is 16.2 Å². The van der Waals surface area contributed by atoms with Crippen molar-refractivity contribution in [2.45, 2.75) is 46.4 Å². The van der Waals surface area contributed by atoms with Gasteiger partial charge in [-0.25, -0.2) is 4.79 Å². The molecule has 0 saturated heterocycles. The lowest BCUT2D eigenvalue weighted by Crippen LogP contribution is -2.33. The molecule has 0 fully saturated rings. The van der Waals surface area contributed by atoms with E-state index < -0.39 is 5.60 Å². The van der Waals surface area contributed by atoms with Crippen LogP contribution >= 0.6 is 15.9 Å². The van der Waals surface area contributed by atoms with Crippen LogP contribution in [-0.2, 0) is 17.8 Å². The van der Waals surface area contributed by atoms with Gasteiger partial charge in [-0.2, -0.15) is 0 Å². The molecule has 2 rings (SSSR count). The van der Waals surface area contributed by atoms with Crippen LogP contribution in [0.3, 0.4) is 0 Å². The average Bonchev–Trinajstić information content (AvgIpc) is 2.77. The molecule has 0 atom stereocenters. The molecule has 6 heteroatoms. The summed E-state index contributed by atoms with van der Waals surface area (Å²) in [6.45, 7) is 8.46. The van der Waals surface area contributed by atoms with Crippen molar-refractivity contribution in [1.82, 2.24) is 4.90 Å². The first-order chi connectivity index (χ1) is 9.11. The lowest BCUT2D eigenvalue weighted by Gasteiger charge is -2.24. The number of hydrogen-bond donors (Lipinski definition) is 2. The fraction of sp³-hybridized carbons (Fsp3) is 0.500. The molecule has 0 bridgehead atoms. The predicted molar refractivity (Wildman–Crippen MR) is 83.2 cm³/mol. The highest BCUT2D eigenvalue weighted by molar-refractivity contribution is 9.10. The summed E-state index contributed by atoms with van der Waals surface area (Å²) >= 11 is 3.45. The van der Waals surface area contributed by atoms with Crippen LogP contribution < -0.4 is 11.5 Å². The Morgan fingerprint density at radius 1 is 1.20 bits per heavy atom. The molecule has 5 nitrogen and oxygen atoms in total. The molecule has 0 spiro atoms. The van der Waals surface area contributed by atoms with Crippen LogP contribution in [0.25, 0.3) is 0 Å². The molecule has 0 aromatic heterocycles. The van der Waals surface area contributed by atoms with Crippen molar-refractivity contribution in [3.05, 3.63) is 21.2 Å². The second-order valence-electron chi connectivity index (χ2n) is 6.06. The summed E-state index contributed by atoms with van der Waals surface area (Å²) < 4.78 is 6.20. The number of ether oxygens (including phenoxy) is 1. The first-order valence-corrected chi connectivity index (χ1v) is 7.23. The number of nitrogens with two attached hydrogens (primary N) is 2. The number of benzene rings is 1. The third kappa shape index (κ3) is 2.57. The van der Waals surface area contributed by atoms with Gasteiger partial charge >= 0.3 is 6.09 Å². The smallest absolute Gasteiger partial charge is 0.410 e. The summed E-state index contributed by atoms with van der Waals surface area (Å²) in [6, 6.07) is 0. The van der Waals surface area contributed by atoms with Gasteiger partial charge in [0, 0.05) is 10.0 Å². The fourth-order valence-electron chi connectivity index (χ4n) is 2.29. The van der Waals surface area contributed by atoms with E-state index in [1.54, 1.807) is 4.90 Å². The maximum absolute atomic E-state index is 12.1. The number of anilines is 2. The quantitative estimate of drug-likeness (QED) is 0.710. The monoisotopic (exact) mass is 341 g/mol. The SMILES string of the molecule is Cc1c(Br)c(N)c(N)c2c1CN(C(=O)OC(C)(C)C)C2. The summed E-state index contributed by atoms with van der Waals surface area (Å²) in [5, 5.41) is 0. The van der Waals surface area contributed by atoms with E-state index in [1.165, 1.54) is 0 Å². The van der Waals surface area contributed by atoms with Crippen LogP contribution in [0.15, 0.2) is 4.47 Å². The number of hydrogen-bond acceptors (Lipinski definition) is 4. The molecule has 1 aromatic rings. The van der Waals surface area contributed by atoms with Gasteiger partial charge in [-0.1, -0.05) is 0 Å². The number of nitrogens with zero attached hydrogens (tertiary/aromatic N) is 1. The van der Waals surface area contributed by atoms with Crippen LogP contribution in [-0.4, -0.2) is 16.6 Å². The van der Waals surface area contributed by atoms with E-state index >= 15 is 0 Å². The van der Waals surface area contributed by atoms with E-state index in [9.17, 15) is 4.79 Å². The van der Waals surface area contributed by atoms with Crippen LogP contribution in [0.1, 0.15) is 37.5 Å². The Labute approximate surface area is 127 Å². The highest BCUT2D eigenvalue weighted by Gasteiger charge is 2.31. The van der Waals surface area contributed by atoms with Gasteiger partial charge in [-0.3, -0.25) is 4.90 Å². The molecular weight excluding hydrogens is 322 g/mol. The fourth-order valence-corrected chi connectivity index (χ4v) is 2.74. The molecular formula is C14H20BrN3O2. The number of nitrogen functional groups attached to an aromatic ring is 2. The molecule has 20 heavy (non-hydrogen) atoms. The number of halogens is 1. The number of amides is 1. The summed E-state index contributed by atoms with van der Waals surface area (Å²) in [6.07, 6.45) is -0.331. The number of carbonyl (C=O) groups is 1. The summed E-state index contributed by atoms with van der Waals surface area (Å²) in [5.74, 6) is 0. The highest BCUT2D eigenvalue weighted by atomic mass is 79.9. The Balaban J connectivity index is 2.30. The lowest BCUT2D eigenvalue weighted by molar-refractivity contribution is 0.0242. The van der Waals surface area contributed by atoms with Crippen LogP contribution in [0.5, 0.6) is 0 Å². The minimum Gasteiger partial charge on any atom is -0.444 e. The van der Waals surface area contributed by atoms with E-state index in [1.807, 2.05) is 27.7 Å². The standard InChI is InChI=1S/C14H20BrN3O2/c1-7-8-5-18(13(19)20-14(2,3)4)6-9(8)11(16)12(17)10(7)15/h5-6,16-17H2,1-4H3. The van der Waals surface area contributed by atoms with Gasteiger partial charge in [0.1, 0.15) is 5.60 Å². The summed E-state index contributed by atoms with van der Waals surface area (Å²) in [4.78, 5) is 13.8. The Morgan fingerprint density at radius 2 is 1.75 bits per heavy atom. The number of carbonyl (C=O) groups excluding carboxylic acids is 1. The molecule has 4 N–H and O–H groups in total. The van der Waals surface area contributed by atoms with Gasteiger partial charge in [0.05, 0.1) is 24.5 Å². The second kappa shape index (κ2) is 4.84. The molecule has 0 aliphatic carbocycles. The number of fused-ring (bicyclic) bond motifs is 1. The largest absolute Gasteiger partial charge is 0.444 e. The minimum atomic E-state index is -0.508. The van der Waals surface area contributed by atoms with Gasteiger partial charge in [0.25, 0.3) is 0 Å². The maximum Gasteiger partial charge on any atom is 0.410 e. The molecule has 0 unspecified atom stereocenters. The topological polar surface area (TPSA) is 81.6 Å². The average molecular weight is 342 g/mol. The highest BCUT2D eigenvalue weighted by Crippen LogP contribution is 2.40. The molecule has 1 aromatic carbocycles. The molecule has 1 aliphatic rings. The molecule has 0 saturated carbocycles. The zero-order valence-corrected chi connectivity index (χ0v) is 13.8. The van der Waals surface area contributed by atoms with Crippen LogP contribution in [0.4, 0.5) is 16.2 Å². The Bertz CT molecular complexity index is 542. The van der Waals surface area contributed by atoms with Crippen molar-refractivity contribution in [1.29, 1.82) is 0 Å². The van der Waals surface area contributed by atoms with Crippen molar-refractivity contribution in [2.24, 2.45) is 0 Å². The van der Waals surface area contributed by atoms with E-state index in [0.29, 0.717) is 24.5 Å². The van der Waals surface area contributed by atoms with Gasteiger partial charge in [-0.05, 0) is 54.8 Å². The predicted octanol–water partition coefficient (Wildman–Crippen LogP) is 3.17. The van der Waals surface area contributed by atoms with Gasteiger partial charge in [-0.15, -0.1) is 0 Å². The van der Waals surface area contributed by atoms with Gasteiger partial charge in [0.15, 0.2) is 0 Å². The van der Waals surface area contributed by atoms with Crippen LogP contribution in [0, 0.1) is 6.92 Å².